The second-order valence-electron chi connectivity index (χ2n) is 6.41. The van der Waals surface area contributed by atoms with Crippen LogP contribution in [0.4, 0.5) is 0 Å². The minimum atomic E-state index is -0.0835. The van der Waals surface area contributed by atoms with Crippen molar-refractivity contribution in [3.63, 3.8) is 0 Å². The van der Waals surface area contributed by atoms with Gasteiger partial charge in [0.1, 0.15) is 5.69 Å². The van der Waals surface area contributed by atoms with E-state index in [9.17, 15) is 4.79 Å². The van der Waals surface area contributed by atoms with E-state index in [0.29, 0.717) is 24.2 Å². The lowest BCUT2D eigenvalue weighted by atomic mass is 10.0. The molecule has 0 saturated carbocycles. The molecule has 0 aliphatic carbocycles. The zero-order valence-corrected chi connectivity index (χ0v) is 13.5. The molecule has 2 heterocycles. The van der Waals surface area contributed by atoms with Gasteiger partial charge in [0.15, 0.2) is 0 Å². The summed E-state index contributed by atoms with van der Waals surface area (Å²) in [5.74, 6) is 0.448. The van der Waals surface area contributed by atoms with Crippen LogP contribution >= 0.6 is 0 Å². The summed E-state index contributed by atoms with van der Waals surface area (Å²) in [7, 11) is 0. The molecule has 5 heteroatoms. The lowest BCUT2D eigenvalue weighted by molar-refractivity contribution is 0.0912. The summed E-state index contributed by atoms with van der Waals surface area (Å²) in [4.78, 5) is 14.7. The standard InChI is InChI=1S/C16H28N4O/c1-12(2)15(20-8-6-4-5-7-9-20)11-17-16(21)14-10-13(3)18-19-14/h10,12,15H,4-9,11H2,1-3H3,(H,17,21)(H,18,19)/t15-/m1/s1. The van der Waals surface area contributed by atoms with Gasteiger partial charge in [-0.3, -0.25) is 14.8 Å². The monoisotopic (exact) mass is 292 g/mol. The summed E-state index contributed by atoms with van der Waals surface area (Å²) in [6, 6.07) is 2.19. The molecule has 0 spiro atoms. The molecule has 118 valence electrons. The number of aromatic amines is 1. The summed E-state index contributed by atoms with van der Waals surface area (Å²) < 4.78 is 0. The molecule has 1 aliphatic rings. The van der Waals surface area contributed by atoms with Crippen molar-refractivity contribution in [3.8, 4) is 0 Å². The van der Waals surface area contributed by atoms with E-state index >= 15 is 0 Å². The van der Waals surface area contributed by atoms with E-state index < -0.39 is 0 Å². The molecule has 21 heavy (non-hydrogen) atoms. The van der Waals surface area contributed by atoms with Crippen molar-refractivity contribution >= 4 is 5.91 Å². The third kappa shape index (κ3) is 4.56. The molecule has 1 fully saturated rings. The van der Waals surface area contributed by atoms with Crippen LogP contribution in [0.5, 0.6) is 0 Å². The molecular weight excluding hydrogens is 264 g/mol. The smallest absolute Gasteiger partial charge is 0.271 e. The summed E-state index contributed by atoms with van der Waals surface area (Å²) in [6.45, 7) is 9.38. The molecular formula is C16H28N4O. The van der Waals surface area contributed by atoms with E-state index in [1.807, 2.05) is 6.92 Å². The molecule has 1 aromatic rings. The molecule has 0 bridgehead atoms. The second-order valence-corrected chi connectivity index (χ2v) is 6.41. The Morgan fingerprint density at radius 2 is 2.00 bits per heavy atom. The van der Waals surface area contributed by atoms with E-state index in [4.69, 9.17) is 0 Å². The first-order valence-corrected chi connectivity index (χ1v) is 8.12. The SMILES string of the molecule is Cc1cc(C(=O)NC[C@H](C(C)C)N2CCCCCC2)n[nH]1. The Morgan fingerprint density at radius 1 is 1.33 bits per heavy atom. The van der Waals surface area contributed by atoms with Crippen LogP contribution in [0.25, 0.3) is 0 Å². The highest BCUT2D eigenvalue weighted by Gasteiger charge is 2.23. The first-order chi connectivity index (χ1) is 10.1. The zero-order chi connectivity index (χ0) is 15.2. The first-order valence-electron chi connectivity index (χ1n) is 8.12. The highest BCUT2D eigenvalue weighted by molar-refractivity contribution is 5.92. The molecule has 0 aromatic carbocycles. The third-order valence-electron chi connectivity index (χ3n) is 4.29. The van der Waals surface area contributed by atoms with Crippen molar-refractivity contribution in [2.75, 3.05) is 19.6 Å². The van der Waals surface area contributed by atoms with Gasteiger partial charge in [-0.05, 0) is 44.8 Å². The molecule has 1 atom stereocenters. The van der Waals surface area contributed by atoms with Gasteiger partial charge in [0, 0.05) is 18.3 Å². The van der Waals surface area contributed by atoms with Crippen LogP contribution in [-0.2, 0) is 0 Å². The summed E-state index contributed by atoms with van der Waals surface area (Å²) in [5.41, 5.74) is 1.39. The molecule has 2 rings (SSSR count). The van der Waals surface area contributed by atoms with Gasteiger partial charge >= 0.3 is 0 Å². The minimum Gasteiger partial charge on any atom is -0.349 e. The van der Waals surface area contributed by atoms with Crippen molar-refractivity contribution in [3.05, 3.63) is 17.5 Å². The largest absolute Gasteiger partial charge is 0.349 e. The maximum Gasteiger partial charge on any atom is 0.271 e. The van der Waals surface area contributed by atoms with Gasteiger partial charge in [0.05, 0.1) is 0 Å². The molecule has 5 nitrogen and oxygen atoms in total. The van der Waals surface area contributed by atoms with E-state index in [1.54, 1.807) is 6.07 Å². The number of hydrogen-bond donors (Lipinski definition) is 2. The number of amides is 1. The van der Waals surface area contributed by atoms with Crippen LogP contribution in [0.2, 0.25) is 0 Å². The first kappa shape index (κ1) is 16.0. The Labute approximate surface area is 127 Å². The van der Waals surface area contributed by atoms with Crippen LogP contribution in [0.15, 0.2) is 6.07 Å². The fourth-order valence-electron chi connectivity index (χ4n) is 3.04. The van der Waals surface area contributed by atoms with Crippen LogP contribution < -0.4 is 5.32 Å². The lowest BCUT2D eigenvalue weighted by Gasteiger charge is -2.33. The lowest BCUT2D eigenvalue weighted by Crippen LogP contribution is -2.47. The average molecular weight is 292 g/mol. The van der Waals surface area contributed by atoms with Crippen LogP contribution in [0, 0.1) is 12.8 Å². The van der Waals surface area contributed by atoms with Crippen LogP contribution in [0.3, 0.4) is 0 Å². The summed E-state index contributed by atoms with van der Waals surface area (Å²) >= 11 is 0. The van der Waals surface area contributed by atoms with Crippen molar-refractivity contribution in [1.29, 1.82) is 0 Å². The third-order valence-corrected chi connectivity index (χ3v) is 4.29. The summed E-state index contributed by atoms with van der Waals surface area (Å²) in [6.07, 6.45) is 5.21. The Kier molecular flexibility index (Phi) is 5.79. The second kappa shape index (κ2) is 7.59. The predicted molar refractivity (Wildman–Crippen MR) is 84.3 cm³/mol. The molecule has 2 N–H and O–H groups in total. The molecule has 1 aromatic heterocycles. The number of nitrogens with one attached hydrogen (secondary N) is 2. The molecule has 0 radical (unpaired) electrons. The predicted octanol–water partition coefficient (Wildman–Crippen LogP) is 2.35. The number of carbonyl (C=O) groups is 1. The number of hydrogen-bond acceptors (Lipinski definition) is 3. The topological polar surface area (TPSA) is 61.0 Å². The van der Waals surface area contributed by atoms with Gasteiger partial charge in [-0.2, -0.15) is 5.10 Å². The maximum absolute atomic E-state index is 12.1. The molecule has 1 amide bonds. The van der Waals surface area contributed by atoms with E-state index in [-0.39, 0.29) is 5.91 Å². The van der Waals surface area contributed by atoms with Crippen LogP contribution in [-0.4, -0.2) is 46.7 Å². The number of aryl methyl sites for hydroxylation is 1. The summed E-state index contributed by atoms with van der Waals surface area (Å²) in [5, 5.41) is 9.87. The van der Waals surface area contributed by atoms with E-state index in [2.05, 4.69) is 34.3 Å². The normalized spacial score (nSPS) is 18.5. The van der Waals surface area contributed by atoms with Crippen molar-refractivity contribution in [2.45, 2.75) is 52.5 Å². The van der Waals surface area contributed by atoms with Crippen molar-refractivity contribution in [2.24, 2.45) is 5.92 Å². The number of H-pyrrole nitrogens is 1. The molecule has 0 unspecified atom stereocenters. The number of likely N-dealkylation sites (tertiary alicyclic amines) is 1. The van der Waals surface area contributed by atoms with Gasteiger partial charge in [0.2, 0.25) is 0 Å². The molecule has 1 aliphatic heterocycles. The van der Waals surface area contributed by atoms with E-state index in [0.717, 1.165) is 18.8 Å². The van der Waals surface area contributed by atoms with Gasteiger partial charge in [-0.1, -0.05) is 26.7 Å². The Balaban J connectivity index is 1.91. The highest BCUT2D eigenvalue weighted by atomic mass is 16.1. The van der Waals surface area contributed by atoms with Crippen LogP contribution in [0.1, 0.15) is 55.7 Å². The Morgan fingerprint density at radius 3 is 2.52 bits per heavy atom. The van der Waals surface area contributed by atoms with Gasteiger partial charge < -0.3 is 5.32 Å². The fraction of sp³-hybridized carbons (Fsp3) is 0.750. The number of nitrogens with zero attached hydrogens (tertiary/aromatic N) is 2. The number of aromatic nitrogens is 2. The minimum absolute atomic E-state index is 0.0835. The average Bonchev–Trinajstić information content (AvgIpc) is 2.72. The van der Waals surface area contributed by atoms with E-state index in [1.165, 1.54) is 25.7 Å². The van der Waals surface area contributed by atoms with Gasteiger partial charge in [0.25, 0.3) is 5.91 Å². The maximum atomic E-state index is 12.1. The highest BCUT2D eigenvalue weighted by Crippen LogP contribution is 2.17. The molecule has 1 saturated heterocycles. The number of rotatable bonds is 5. The van der Waals surface area contributed by atoms with Gasteiger partial charge in [-0.25, -0.2) is 0 Å². The van der Waals surface area contributed by atoms with Gasteiger partial charge in [-0.15, -0.1) is 0 Å². The fourth-order valence-corrected chi connectivity index (χ4v) is 3.04. The Hall–Kier alpha value is -1.36. The van der Waals surface area contributed by atoms with Crippen molar-refractivity contribution in [1.82, 2.24) is 20.4 Å². The Bertz CT molecular complexity index is 447. The van der Waals surface area contributed by atoms with Crippen molar-refractivity contribution < 1.29 is 4.79 Å². The quantitative estimate of drug-likeness (QED) is 0.875. The zero-order valence-electron chi connectivity index (χ0n) is 13.5. The number of carbonyl (C=O) groups excluding carboxylic acids is 1.